The Kier molecular flexibility index (Phi) is 6.18. The Hall–Kier alpha value is -7.11. The molecule has 3 heterocycles. The standard InChI is InChI=1S/C47H28N4O/c1-3-15-29(16-4-1)45-48-46(30-17-5-2-6-18-30)50-47(49-45)38-27-31(28-41-42(38)37-24-12-14-26-40(37)52-41)51-39-25-13-11-23-36(39)43-34-21-9-7-19-32(34)33-20-8-10-22-35(33)44(43)51/h1-28H. The average Bonchev–Trinajstić information content (AvgIpc) is 3.78. The second-order valence-electron chi connectivity index (χ2n) is 13.2. The van der Waals surface area contributed by atoms with Crippen molar-refractivity contribution in [1.82, 2.24) is 19.5 Å². The lowest BCUT2D eigenvalue weighted by molar-refractivity contribution is 0.668. The first-order valence-electron chi connectivity index (χ1n) is 17.5. The van der Waals surface area contributed by atoms with Crippen molar-refractivity contribution in [2.45, 2.75) is 0 Å². The predicted molar refractivity (Wildman–Crippen MR) is 213 cm³/mol. The van der Waals surface area contributed by atoms with Crippen LogP contribution in [0, 0.1) is 0 Å². The summed E-state index contributed by atoms with van der Waals surface area (Å²) in [6, 6.07) is 59.0. The summed E-state index contributed by atoms with van der Waals surface area (Å²) in [6.07, 6.45) is 0. The van der Waals surface area contributed by atoms with Gasteiger partial charge >= 0.3 is 0 Å². The Bertz CT molecular complexity index is 3120. The number of furan rings is 1. The third-order valence-electron chi connectivity index (χ3n) is 10.2. The van der Waals surface area contributed by atoms with Crippen LogP contribution in [0.1, 0.15) is 0 Å². The van der Waals surface area contributed by atoms with E-state index in [4.69, 9.17) is 19.4 Å². The lowest BCUT2D eigenvalue weighted by Crippen LogP contribution is -2.01. The normalized spacial score (nSPS) is 11.8. The summed E-state index contributed by atoms with van der Waals surface area (Å²) in [4.78, 5) is 15.4. The molecule has 0 radical (unpaired) electrons. The van der Waals surface area contributed by atoms with Gasteiger partial charge in [0.25, 0.3) is 0 Å². The molecule has 0 unspecified atom stereocenters. The monoisotopic (exact) mass is 664 g/mol. The van der Waals surface area contributed by atoms with Gasteiger partial charge in [-0.05, 0) is 34.4 Å². The van der Waals surface area contributed by atoms with Crippen LogP contribution in [-0.4, -0.2) is 19.5 Å². The Labute approximate surface area is 298 Å². The van der Waals surface area contributed by atoms with E-state index in [1.54, 1.807) is 0 Å². The van der Waals surface area contributed by atoms with E-state index in [9.17, 15) is 0 Å². The lowest BCUT2D eigenvalue weighted by Gasteiger charge is -2.14. The summed E-state index contributed by atoms with van der Waals surface area (Å²) in [5.41, 5.74) is 7.56. The molecule has 52 heavy (non-hydrogen) atoms. The summed E-state index contributed by atoms with van der Waals surface area (Å²) < 4.78 is 9.08. The summed E-state index contributed by atoms with van der Waals surface area (Å²) in [7, 11) is 0. The highest BCUT2D eigenvalue weighted by molar-refractivity contribution is 6.32. The van der Waals surface area contributed by atoms with Gasteiger partial charge in [0.15, 0.2) is 17.5 Å². The van der Waals surface area contributed by atoms with Gasteiger partial charge in [-0.1, -0.05) is 146 Å². The molecule has 0 aliphatic heterocycles. The molecule has 3 aromatic heterocycles. The van der Waals surface area contributed by atoms with Crippen LogP contribution in [0.4, 0.5) is 0 Å². The molecule has 5 heteroatoms. The topological polar surface area (TPSA) is 56.7 Å². The third kappa shape index (κ3) is 4.26. The predicted octanol–water partition coefficient (Wildman–Crippen LogP) is 12.2. The fourth-order valence-corrected chi connectivity index (χ4v) is 7.97. The van der Waals surface area contributed by atoms with Gasteiger partial charge < -0.3 is 8.98 Å². The van der Waals surface area contributed by atoms with E-state index in [0.29, 0.717) is 17.5 Å². The van der Waals surface area contributed by atoms with E-state index in [1.807, 2.05) is 72.8 Å². The molecule has 242 valence electrons. The third-order valence-corrected chi connectivity index (χ3v) is 10.2. The van der Waals surface area contributed by atoms with Gasteiger partial charge in [0.05, 0.1) is 16.7 Å². The smallest absolute Gasteiger partial charge is 0.164 e. The largest absolute Gasteiger partial charge is 0.456 e. The van der Waals surface area contributed by atoms with Crippen molar-refractivity contribution < 1.29 is 4.42 Å². The average molecular weight is 665 g/mol. The summed E-state index contributed by atoms with van der Waals surface area (Å²) in [5.74, 6) is 1.82. The molecule has 0 spiro atoms. The van der Waals surface area contributed by atoms with Gasteiger partial charge in [-0.3, -0.25) is 0 Å². The van der Waals surface area contributed by atoms with Crippen molar-refractivity contribution in [2.75, 3.05) is 0 Å². The Morgan fingerprint density at radius 3 is 1.60 bits per heavy atom. The number of para-hydroxylation sites is 2. The van der Waals surface area contributed by atoms with Gasteiger partial charge in [-0.25, -0.2) is 15.0 Å². The van der Waals surface area contributed by atoms with E-state index in [1.165, 1.54) is 32.3 Å². The zero-order valence-electron chi connectivity index (χ0n) is 27.9. The molecule has 0 atom stereocenters. The molecule has 0 amide bonds. The van der Waals surface area contributed by atoms with Gasteiger partial charge in [-0.15, -0.1) is 0 Å². The Morgan fingerprint density at radius 2 is 0.904 bits per heavy atom. The highest BCUT2D eigenvalue weighted by atomic mass is 16.3. The minimum absolute atomic E-state index is 0.585. The first kappa shape index (κ1) is 28.7. The zero-order valence-corrected chi connectivity index (χ0v) is 27.9. The van der Waals surface area contributed by atoms with Crippen LogP contribution >= 0.6 is 0 Å². The van der Waals surface area contributed by atoms with Crippen LogP contribution in [0.15, 0.2) is 174 Å². The molecule has 5 nitrogen and oxygen atoms in total. The Morgan fingerprint density at radius 1 is 0.385 bits per heavy atom. The van der Waals surface area contributed by atoms with E-state index >= 15 is 0 Å². The van der Waals surface area contributed by atoms with Crippen molar-refractivity contribution in [3.05, 3.63) is 170 Å². The molecule has 8 aromatic carbocycles. The van der Waals surface area contributed by atoms with Gasteiger partial charge in [0.2, 0.25) is 0 Å². The molecule has 0 aliphatic rings. The molecule has 11 rings (SSSR count). The second kappa shape index (κ2) is 11.2. The fraction of sp³-hybridized carbons (Fsp3) is 0. The number of hydrogen-bond donors (Lipinski definition) is 0. The van der Waals surface area contributed by atoms with E-state index < -0.39 is 0 Å². The van der Waals surface area contributed by atoms with Crippen LogP contribution < -0.4 is 0 Å². The minimum atomic E-state index is 0.585. The molecule has 11 aromatic rings. The summed E-state index contributed by atoms with van der Waals surface area (Å²) >= 11 is 0. The number of rotatable bonds is 4. The first-order valence-corrected chi connectivity index (χ1v) is 17.5. The molecule has 0 saturated heterocycles. The maximum atomic E-state index is 6.68. The quantitative estimate of drug-likeness (QED) is 0.176. The molecule has 0 saturated carbocycles. The van der Waals surface area contributed by atoms with Crippen LogP contribution in [0.2, 0.25) is 0 Å². The lowest BCUT2D eigenvalue weighted by atomic mass is 9.97. The molecule has 0 aliphatic carbocycles. The number of hydrogen-bond acceptors (Lipinski definition) is 4. The number of aromatic nitrogens is 4. The zero-order chi connectivity index (χ0) is 34.2. The maximum absolute atomic E-state index is 6.68. The summed E-state index contributed by atoms with van der Waals surface area (Å²) in [6.45, 7) is 0. The highest BCUT2D eigenvalue weighted by Gasteiger charge is 2.23. The van der Waals surface area contributed by atoms with Crippen molar-refractivity contribution in [3.63, 3.8) is 0 Å². The number of fused-ring (bicyclic) bond motifs is 11. The van der Waals surface area contributed by atoms with E-state index in [2.05, 4.69) is 102 Å². The van der Waals surface area contributed by atoms with Crippen molar-refractivity contribution in [3.8, 4) is 39.9 Å². The highest BCUT2D eigenvalue weighted by Crippen LogP contribution is 2.44. The van der Waals surface area contributed by atoms with Crippen LogP contribution in [0.3, 0.4) is 0 Å². The molecular formula is C47H28N4O. The van der Waals surface area contributed by atoms with Crippen LogP contribution in [0.25, 0.3) is 105 Å². The van der Waals surface area contributed by atoms with Crippen LogP contribution in [-0.2, 0) is 0 Å². The van der Waals surface area contributed by atoms with E-state index in [0.717, 1.165) is 55.3 Å². The van der Waals surface area contributed by atoms with Crippen molar-refractivity contribution in [2.24, 2.45) is 0 Å². The second-order valence-corrected chi connectivity index (χ2v) is 13.2. The number of benzene rings is 8. The van der Waals surface area contributed by atoms with Crippen molar-refractivity contribution >= 4 is 65.3 Å². The van der Waals surface area contributed by atoms with Gasteiger partial charge in [0, 0.05) is 49.7 Å². The molecule has 0 N–H and O–H groups in total. The van der Waals surface area contributed by atoms with Crippen molar-refractivity contribution in [1.29, 1.82) is 0 Å². The van der Waals surface area contributed by atoms with Crippen LogP contribution in [0.5, 0.6) is 0 Å². The van der Waals surface area contributed by atoms with Gasteiger partial charge in [0.1, 0.15) is 11.2 Å². The molecule has 0 bridgehead atoms. The first-order chi connectivity index (χ1) is 25.8. The van der Waals surface area contributed by atoms with E-state index in [-0.39, 0.29) is 0 Å². The summed E-state index contributed by atoms with van der Waals surface area (Å²) in [5, 5.41) is 9.30. The maximum Gasteiger partial charge on any atom is 0.164 e. The molecular weight excluding hydrogens is 637 g/mol. The van der Waals surface area contributed by atoms with Gasteiger partial charge in [-0.2, -0.15) is 0 Å². The molecule has 0 fully saturated rings. The SMILES string of the molecule is c1ccc(-c2nc(-c3ccccc3)nc(-c3cc(-n4c5ccccc5c5c6ccccc6c6ccccc6c54)cc4oc5ccccc5c34)n2)cc1. The fourth-order valence-electron chi connectivity index (χ4n) is 7.97. The number of nitrogens with zero attached hydrogens (tertiary/aromatic N) is 4. The Balaban J connectivity index is 1.30. The minimum Gasteiger partial charge on any atom is -0.456 e.